The minimum atomic E-state index is -0.155. The first-order valence-corrected chi connectivity index (χ1v) is 2.15. The molecule has 0 spiro atoms. The molecule has 0 unspecified atom stereocenters. The molecule has 1 rings (SSSR count). The van der Waals surface area contributed by atoms with Crippen LogP contribution in [0.25, 0.3) is 0 Å². The summed E-state index contributed by atoms with van der Waals surface area (Å²) < 4.78 is 0. The standard InChI is InChI=1S/C5H4N2O/c6-5-3-4(8)1-2-7-5/h3H2,(H2,6,7). The van der Waals surface area contributed by atoms with Crippen LogP contribution < -0.4 is 5.73 Å². The van der Waals surface area contributed by atoms with E-state index >= 15 is 0 Å². The number of ketones is 1. The van der Waals surface area contributed by atoms with Gasteiger partial charge in [-0.05, 0) is 5.92 Å². The number of nitrogens with zero attached hydrogens (tertiary/aromatic N) is 1. The van der Waals surface area contributed by atoms with Crippen molar-refractivity contribution < 1.29 is 4.79 Å². The van der Waals surface area contributed by atoms with Crippen LogP contribution in [0, 0.1) is 12.0 Å². The molecule has 0 aliphatic carbocycles. The van der Waals surface area contributed by atoms with Crippen molar-refractivity contribution in [2.45, 2.75) is 6.42 Å². The quantitative estimate of drug-likeness (QED) is 0.416. The van der Waals surface area contributed by atoms with Crippen LogP contribution in [0.15, 0.2) is 4.99 Å². The zero-order valence-electron chi connectivity index (χ0n) is 4.14. The van der Waals surface area contributed by atoms with Crippen LogP contribution in [0.5, 0.6) is 0 Å². The van der Waals surface area contributed by atoms with E-state index in [9.17, 15) is 4.79 Å². The summed E-state index contributed by atoms with van der Waals surface area (Å²) in [5.41, 5.74) is 5.15. The van der Waals surface area contributed by atoms with E-state index in [2.05, 4.69) is 17.0 Å². The Morgan fingerprint density at radius 3 is 2.88 bits per heavy atom. The molecule has 1 aliphatic rings. The average Bonchev–Trinajstić information content (AvgIpc) is 1.64. The SMILES string of the molecule is NC1=NC#CC(=O)C1. The molecule has 0 fully saturated rings. The molecule has 2 N–H and O–H groups in total. The molecule has 8 heavy (non-hydrogen) atoms. The Morgan fingerprint density at radius 1 is 1.75 bits per heavy atom. The third-order valence-corrected chi connectivity index (χ3v) is 0.737. The van der Waals surface area contributed by atoms with Gasteiger partial charge in [0.2, 0.25) is 5.78 Å². The number of rotatable bonds is 0. The van der Waals surface area contributed by atoms with Gasteiger partial charge in [0.05, 0.1) is 6.42 Å². The number of carbonyl (C=O) groups excluding carboxylic acids is 1. The Bertz CT molecular complexity index is 206. The molecule has 0 amide bonds. The predicted molar refractivity (Wildman–Crippen MR) is 29.0 cm³/mol. The number of Topliss-reactive ketones (excluding diaryl/α,β-unsaturated/α-hetero) is 1. The lowest BCUT2D eigenvalue weighted by Crippen LogP contribution is -2.17. The molecule has 0 saturated carbocycles. The molecule has 0 aromatic heterocycles. The number of aliphatic imine (C=N–C) groups is 1. The molecular weight excluding hydrogens is 104 g/mol. The topological polar surface area (TPSA) is 55.4 Å². The van der Waals surface area contributed by atoms with Crippen molar-refractivity contribution in [2.75, 3.05) is 0 Å². The second-order valence-electron chi connectivity index (χ2n) is 1.44. The van der Waals surface area contributed by atoms with Crippen molar-refractivity contribution in [3.63, 3.8) is 0 Å². The van der Waals surface area contributed by atoms with Gasteiger partial charge in [-0.1, -0.05) is 0 Å². The van der Waals surface area contributed by atoms with E-state index in [1.54, 1.807) is 0 Å². The fourth-order valence-corrected chi connectivity index (χ4v) is 0.410. The normalized spacial score (nSPS) is 16.5. The fraction of sp³-hybridized carbons (Fsp3) is 0.200. The zero-order chi connectivity index (χ0) is 5.98. The van der Waals surface area contributed by atoms with Crippen molar-refractivity contribution in [1.82, 2.24) is 0 Å². The van der Waals surface area contributed by atoms with Gasteiger partial charge in [0.25, 0.3) is 0 Å². The summed E-state index contributed by atoms with van der Waals surface area (Å²) in [5.74, 6) is 2.41. The maximum absolute atomic E-state index is 10.3. The van der Waals surface area contributed by atoms with E-state index in [-0.39, 0.29) is 12.2 Å². The Kier molecular flexibility index (Phi) is 1.01. The molecule has 3 heteroatoms. The molecule has 0 aromatic carbocycles. The molecule has 0 bridgehead atoms. The minimum Gasteiger partial charge on any atom is -0.386 e. The van der Waals surface area contributed by atoms with Crippen LogP contribution >= 0.6 is 0 Å². The number of nitrogens with two attached hydrogens (primary N) is 1. The van der Waals surface area contributed by atoms with Gasteiger partial charge in [-0.3, -0.25) is 4.79 Å². The van der Waals surface area contributed by atoms with Gasteiger partial charge in [0, 0.05) is 6.04 Å². The van der Waals surface area contributed by atoms with Crippen molar-refractivity contribution in [3.05, 3.63) is 0 Å². The van der Waals surface area contributed by atoms with Gasteiger partial charge in [-0.25, -0.2) is 0 Å². The maximum Gasteiger partial charge on any atom is 0.214 e. The lowest BCUT2D eigenvalue weighted by atomic mass is 10.2. The molecule has 0 aromatic rings. The van der Waals surface area contributed by atoms with E-state index in [1.807, 2.05) is 0 Å². The second kappa shape index (κ2) is 1.66. The van der Waals surface area contributed by atoms with Crippen LogP contribution in [0.4, 0.5) is 0 Å². The molecule has 40 valence electrons. The monoisotopic (exact) mass is 108 g/mol. The van der Waals surface area contributed by atoms with Gasteiger partial charge in [-0.15, -0.1) is 0 Å². The Morgan fingerprint density at radius 2 is 2.50 bits per heavy atom. The Balaban J connectivity index is 2.83. The molecule has 1 heterocycles. The summed E-state index contributed by atoms with van der Waals surface area (Å²) in [6.07, 6.45) is 0.187. The third kappa shape index (κ3) is 0.850. The van der Waals surface area contributed by atoms with Crippen LogP contribution in [0.2, 0.25) is 0 Å². The molecule has 0 atom stereocenters. The number of hydrogen-bond donors (Lipinski definition) is 1. The van der Waals surface area contributed by atoms with E-state index in [0.29, 0.717) is 5.84 Å². The minimum absolute atomic E-state index is 0.155. The van der Waals surface area contributed by atoms with Crippen molar-refractivity contribution in [3.8, 4) is 12.0 Å². The summed E-state index contributed by atoms with van der Waals surface area (Å²) in [6.45, 7) is 0. The summed E-state index contributed by atoms with van der Waals surface area (Å²) in [4.78, 5) is 13.8. The summed E-state index contributed by atoms with van der Waals surface area (Å²) in [6, 6.07) is 2.25. The number of carbonyl (C=O) groups is 1. The van der Waals surface area contributed by atoms with Gasteiger partial charge < -0.3 is 5.73 Å². The highest BCUT2D eigenvalue weighted by Crippen LogP contribution is 1.86. The lowest BCUT2D eigenvalue weighted by Gasteiger charge is -1.93. The highest BCUT2D eigenvalue weighted by atomic mass is 16.1. The van der Waals surface area contributed by atoms with E-state index < -0.39 is 0 Å². The molecule has 0 radical (unpaired) electrons. The summed E-state index contributed by atoms with van der Waals surface area (Å²) in [5, 5.41) is 0. The molecule has 1 aliphatic heterocycles. The predicted octanol–water partition coefficient (Wildman–Crippen LogP) is -0.723. The van der Waals surface area contributed by atoms with Gasteiger partial charge in [-0.2, -0.15) is 4.99 Å². The van der Waals surface area contributed by atoms with E-state index in [0.717, 1.165) is 0 Å². The number of hydrogen-bond acceptors (Lipinski definition) is 3. The van der Waals surface area contributed by atoms with Crippen LogP contribution in [0.1, 0.15) is 6.42 Å². The van der Waals surface area contributed by atoms with Crippen molar-refractivity contribution >= 4 is 11.6 Å². The highest BCUT2D eigenvalue weighted by molar-refractivity contribution is 6.10. The van der Waals surface area contributed by atoms with Crippen LogP contribution in [-0.2, 0) is 4.79 Å². The average molecular weight is 108 g/mol. The van der Waals surface area contributed by atoms with Gasteiger partial charge >= 0.3 is 0 Å². The Labute approximate surface area is 46.6 Å². The van der Waals surface area contributed by atoms with Gasteiger partial charge in [0.15, 0.2) is 0 Å². The first-order chi connectivity index (χ1) is 3.79. The summed E-state index contributed by atoms with van der Waals surface area (Å²) >= 11 is 0. The fourth-order valence-electron chi connectivity index (χ4n) is 0.410. The maximum atomic E-state index is 10.3. The smallest absolute Gasteiger partial charge is 0.214 e. The first-order valence-electron chi connectivity index (χ1n) is 2.15. The first kappa shape index (κ1) is 4.85. The third-order valence-electron chi connectivity index (χ3n) is 0.737. The summed E-state index contributed by atoms with van der Waals surface area (Å²) in [7, 11) is 0. The zero-order valence-corrected chi connectivity index (χ0v) is 4.14. The van der Waals surface area contributed by atoms with E-state index in [1.165, 1.54) is 0 Å². The highest BCUT2D eigenvalue weighted by Gasteiger charge is 2.02. The second-order valence-corrected chi connectivity index (χ2v) is 1.44. The number of amidine groups is 1. The molecule has 3 nitrogen and oxygen atoms in total. The van der Waals surface area contributed by atoms with Crippen LogP contribution in [-0.4, -0.2) is 11.6 Å². The van der Waals surface area contributed by atoms with Crippen molar-refractivity contribution in [1.29, 1.82) is 0 Å². The van der Waals surface area contributed by atoms with Gasteiger partial charge in [0.1, 0.15) is 5.84 Å². The van der Waals surface area contributed by atoms with Crippen LogP contribution in [0.3, 0.4) is 0 Å². The molecular formula is C5H4N2O. The van der Waals surface area contributed by atoms with Crippen molar-refractivity contribution in [2.24, 2.45) is 10.7 Å². The largest absolute Gasteiger partial charge is 0.386 e. The lowest BCUT2D eigenvalue weighted by molar-refractivity contribution is -0.112. The molecule has 0 saturated heterocycles. The Hall–Kier alpha value is -1.30. The van der Waals surface area contributed by atoms with E-state index in [4.69, 9.17) is 5.73 Å².